The first-order chi connectivity index (χ1) is 7.13. The van der Waals surface area contributed by atoms with Crippen molar-refractivity contribution in [3.63, 3.8) is 0 Å². The Morgan fingerprint density at radius 2 is 2.20 bits per heavy atom. The fourth-order valence-electron chi connectivity index (χ4n) is 1.27. The van der Waals surface area contributed by atoms with Gasteiger partial charge in [-0.15, -0.1) is 11.8 Å². The largest absolute Gasteiger partial charge is 0.326 e. The first-order valence-corrected chi connectivity index (χ1v) is 6.40. The van der Waals surface area contributed by atoms with Crippen molar-refractivity contribution in [2.75, 3.05) is 5.75 Å². The number of aryl methyl sites for hydroxylation is 1. The van der Waals surface area contributed by atoms with Crippen molar-refractivity contribution in [3.8, 4) is 0 Å². The van der Waals surface area contributed by atoms with Gasteiger partial charge in [-0.05, 0) is 36.1 Å². The molecule has 0 saturated carbocycles. The molecule has 0 amide bonds. The van der Waals surface area contributed by atoms with Crippen molar-refractivity contribution in [1.29, 1.82) is 0 Å². The van der Waals surface area contributed by atoms with Crippen LogP contribution < -0.4 is 5.73 Å². The van der Waals surface area contributed by atoms with E-state index in [1.54, 1.807) is 0 Å². The highest BCUT2D eigenvalue weighted by Gasteiger charge is 2.02. The normalized spacial score (nSPS) is 11.0. The van der Waals surface area contributed by atoms with Crippen LogP contribution in [0.25, 0.3) is 0 Å². The molecule has 1 aromatic heterocycles. The third kappa shape index (κ3) is 4.22. The highest BCUT2D eigenvalue weighted by molar-refractivity contribution is 7.99. The number of thioether (sulfide) groups is 1. The molecule has 3 heteroatoms. The topological polar surface area (TPSA) is 38.9 Å². The lowest BCUT2D eigenvalue weighted by molar-refractivity contribution is 0.632. The summed E-state index contributed by atoms with van der Waals surface area (Å²) in [7, 11) is 0. The van der Waals surface area contributed by atoms with Crippen LogP contribution in [0.5, 0.6) is 0 Å². The number of aromatic nitrogens is 1. The molecule has 1 heterocycles. The minimum absolute atomic E-state index is 0.574. The summed E-state index contributed by atoms with van der Waals surface area (Å²) < 4.78 is 0. The van der Waals surface area contributed by atoms with Crippen molar-refractivity contribution < 1.29 is 0 Å². The van der Waals surface area contributed by atoms with Crippen LogP contribution >= 0.6 is 11.8 Å². The van der Waals surface area contributed by atoms with Crippen LogP contribution in [-0.2, 0) is 6.54 Å². The molecule has 1 rings (SSSR count). The summed E-state index contributed by atoms with van der Waals surface area (Å²) >= 11 is 1.84. The van der Waals surface area contributed by atoms with Crippen LogP contribution in [0.1, 0.15) is 31.4 Å². The van der Waals surface area contributed by atoms with Gasteiger partial charge in [0.15, 0.2) is 0 Å². The van der Waals surface area contributed by atoms with Gasteiger partial charge < -0.3 is 5.73 Å². The Labute approximate surface area is 96.7 Å². The van der Waals surface area contributed by atoms with Gasteiger partial charge in [0.05, 0.1) is 5.03 Å². The van der Waals surface area contributed by atoms with E-state index < -0.39 is 0 Å². The average molecular weight is 224 g/mol. The van der Waals surface area contributed by atoms with E-state index in [2.05, 4.69) is 31.8 Å². The quantitative estimate of drug-likeness (QED) is 0.781. The van der Waals surface area contributed by atoms with E-state index in [0.717, 1.165) is 22.3 Å². The summed E-state index contributed by atoms with van der Waals surface area (Å²) in [4.78, 5) is 4.43. The maximum Gasteiger partial charge on any atom is 0.0989 e. The van der Waals surface area contributed by atoms with Gasteiger partial charge in [-0.25, -0.2) is 4.98 Å². The van der Waals surface area contributed by atoms with Crippen LogP contribution in [0.15, 0.2) is 17.3 Å². The second kappa shape index (κ2) is 6.13. The number of hydrogen-bond acceptors (Lipinski definition) is 3. The minimum atomic E-state index is 0.574. The molecular weight excluding hydrogens is 204 g/mol. The van der Waals surface area contributed by atoms with Gasteiger partial charge >= 0.3 is 0 Å². The smallest absolute Gasteiger partial charge is 0.0989 e. The maximum absolute atomic E-state index is 5.56. The Balaban J connectivity index is 2.54. The lowest BCUT2D eigenvalue weighted by atomic mass is 10.2. The van der Waals surface area contributed by atoms with Crippen molar-refractivity contribution >= 4 is 11.8 Å². The summed E-state index contributed by atoms with van der Waals surface area (Å²) in [5.74, 6) is 1.91. The maximum atomic E-state index is 5.56. The molecule has 0 aliphatic carbocycles. The number of nitrogens with zero attached hydrogens (tertiary/aromatic N) is 1. The van der Waals surface area contributed by atoms with Gasteiger partial charge in [0.2, 0.25) is 0 Å². The molecule has 0 atom stereocenters. The van der Waals surface area contributed by atoms with E-state index >= 15 is 0 Å². The van der Waals surface area contributed by atoms with Gasteiger partial charge in [0.1, 0.15) is 0 Å². The van der Waals surface area contributed by atoms with Crippen LogP contribution in [0, 0.1) is 12.8 Å². The van der Waals surface area contributed by atoms with Crippen molar-refractivity contribution in [3.05, 3.63) is 23.4 Å². The molecule has 15 heavy (non-hydrogen) atoms. The summed E-state index contributed by atoms with van der Waals surface area (Å²) in [6.45, 7) is 7.17. The van der Waals surface area contributed by atoms with E-state index in [1.807, 2.05) is 18.0 Å². The SMILES string of the molecule is Cc1cc(CN)cnc1SCCC(C)C. The second-order valence-corrected chi connectivity index (χ2v) is 5.28. The zero-order valence-corrected chi connectivity index (χ0v) is 10.6. The number of hydrogen-bond donors (Lipinski definition) is 1. The number of rotatable bonds is 5. The van der Waals surface area contributed by atoms with E-state index in [0.29, 0.717) is 6.54 Å². The summed E-state index contributed by atoms with van der Waals surface area (Å²) in [6, 6.07) is 2.13. The molecule has 0 radical (unpaired) electrons. The Kier molecular flexibility index (Phi) is 5.12. The molecule has 0 unspecified atom stereocenters. The Morgan fingerprint density at radius 3 is 2.73 bits per heavy atom. The first-order valence-electron chi connectivity index (χ1n) is 5.42. The molecule has 84 valence electrons. The zero-order chi connectivity index (χ0) is 11.3. The molecule has 1 aromatic rings. The highest BCUT2D eigenvalue weighted by Crippen LogP contribution is 2.22. The van der Waals surface area contributed by atoms with Gasteiger partial charge in [-0.2, -0.15) is 0 Å². The third-order valence-corrected chi connectivity index (χ3v) is 3.40. The van der Waals surface area contributed by atoms with Crippen molar-refractivity contribution in [1.82, 2.24) is 4.98 Å². The molecule has 2 nitrogen and oxygen atoms in total. The summed E-state index contributed by atoms with van der Waals surface area (Å²) in [5.41, 5.74) is 7.92. The zero-order valence-electron chi connectivity index (χ0n) is 9.79. The lowest BCUT2D eigenvalue weighted by Gasteiger charge is -2.07. The van der Waals surface area contributed by atoms with E-state index in [4.69, 9.17) is 5.73 Å². The second-order valence-electron chi connectivity index (χ2n) is 4.20. The van der Waals surface area contributed by atoms with Crippen molar-refractivity contribution in [2.24, 2.45) is 11.7 Å². The van der Waals surface area contributed by atoms with Crippen LogP contribution in [0.3, 0.4) is 0 Å². The molecule has 0 aliphatic heterocycles. The summed E-state index contributed by atoms with van der Waals surface area (Å²) in [5, 5.41) is 1.15. The minimum Gasteiger partial charge on any atom is -0.326 e. The molecule has 0 saturated heterocycles. The molecule has 0 bridgehead atoms. The number of pyridine rings is 1. The van der Waals surface area contributed by atoms with Crippen molar-refractivity contribution in [2.45, 2.75) is 38.8 Å². The molecule has 2 N–H and O–H groups in total. The van der Waals surface area contributed by atoms with E-state index in [9.17, 15) is 0 Å². The van der Waals surface area contributed by atoms with E-state index in [-0.39, 0.29) is 0 Å². The van der Waals surface area contributed by atoms with Gasteiger partial charge in [0.25, 0.3) is 0 Å². The third-order valence-electron chi connectivity index (χ3n) is 2.26. The monoisotopic (exact) mass is 224 g/mol. The molecule has 0 aromatic carbocycles. The molecule has 0 fully saturated rings. The lowest BCUT2D eigenvalue weighted by Crippen LogP contribution is -1.99. The fourth-order valence-corrected chi connectivity index (χ4v) is 2.47. The first kappa shape index (κ1) is 12.5. The van der Waals surface area contributed by atoms with Crippen LogP contribution in [0.2, 0.25) is 0 Å². The Morgan fingerprint density at radius 1 is 1.47 bits per heavy atom. The van der Waals surface area contributed by atoms with Gasteiger partial charge in [-0.1, -0.05) is 19.9 Å². The number of nitrogens with two attached hydrogens (primary N) is 1. The molecule has 0 aliphatic rings. The predicted octanol–water partition coefficient (Wildman–Crippen LogP) is 2.99. The molecule has 0 spiro atoms. The Bertz CT molecular complexity index is 310. The molecular formula is C12H20N2S. The van der Waals surface area contributed by atoms with Crippen LogP contribution in [0.4, 0.5) is 0 Å². The van der Waals surface area contributed by atoms with E-state index in [1.165, 1.54) is 12.0 Å². The average Bonchev–Trinajstić information content (AvgIpc) is 2.20. The van der Waals surface area contributed by atoms with Gasteiger partial charge in [-0.3, -0.25) is 0 Å². The summed E-state index contributed by atoms with van der Waals surface area (Å²) in [6.07, 6.45) is 3.12. The van der Waals surface area contributed by atoms with Crippen LogP contribution in [-0.4, -0.2) is 10.7 Å². The van der Waals surface area contributed by atoms with Gasteiger partial charge in [0, 0.05) is 12.7 Å². The predicted molar refractivity (Wildman–Crippen MR) is 67.0 cm³/mol. The Hall–Kier alpha value is -0.540. The fraction of sp³-hybridized carbons (Fsp3) is 0.583. The highest BCUT2D eigenvalue weighted by atomic mass is 32.2. The standard InChI is InChI=1S/C12H20N2S/c1-9(2)4-5-15-12-10(3)6-11(7-13)8-14-12/h6,8-9H,4-5,7,13H2,1-3H3.